The first kappa shape index (κ1) is 21.0. The van der Waals surface area contributed by atoms with Crippen molar-refractivity contribution < 1.29 is 14.3 Å². The summed E-state index contributed by atoms with van der Waals surface area (Å²) in [6, 6.07) is 8.32. The Kier molecular flexibility index (Phi) is 7.74. The molecule has 6 heteroatoms. The van der Waals surface area contributed by atoms with E-state index in [4.69, 9.17) is 15.2 Å². The Bertz CT molecular complexity index is 565. The molecule has 146 valence electrons. The van der Waals surface area contributed by atoms with Gasteiger partial charge in [-0.2, -0.15) is 0 Å². The molecule has 2 saturated heterocycles. The molecule has 0 spiro atoms. The summed E-state index contributed by atoms with van der Waals surface area (Å²) in [5, 5.41) is 0. The molecule has 0 aliphatic carbocycles. The molecule has 0 radical (unpaired) electrons. The van der Waals surface area contributed by atoms with Crippen molar-refractivity contribution in [1.82, 2.24) is 4.90 Å². The fourth-order valence-corrected chi connectivity index (χ4v) is 3.85. The minimum Gasteiger partial charge on any atom is -0.497 e. The number of nitrogens with two attached hydrogens (primary N) is 1. The van der Waals surface area contributed by atoms with E-state index in [0.29, 0.717) is 32.0 Å². The van der Waals surface area contributed by atoms with Crippen LogP contribution in [0.1, 0.15) is 37.7 Å². The van der Waals surface area contributed by atoms with Crippen molar-refractivity contribution >= 4 is 18.3 Å². The fourth-order valence-electron chi connectivity index (χ4n) is 3.85. The van der Waals surface area contributed by atoms with Gasteiger partial charge in [-0.1, -0.05) is 12.1 Å². The molecule has 1 aromatic carbocycles. The number of aryl methyl sites for hydroxylation is 1. The van der Waals surface area contributed by atoms with E-state index in [1.165, 1.54) is 12.0 Å². The summed E-state index contributed by atoms with van der Waals surface area (Å²) in [4.78, 5) is 14.7. The van der Waals surface area contributed by atoms with Gasteiger partial charge in [-0.25, -0.2) is 0 Å². The molecule has 1 aromatic rings. The molecule has 3 rings (SSSR count). The summed E-state index contributed by atoms with van der Waals surface area (Å²) in [5.74, 6) is 1.72. The van der Waals surface area contributed by atoms with Gasteiger partial charge in [0.1, 0.15) is 5.75 Å². The summed E-state index contributed by atoms with van der Waals surface area (Å²) in [6.45, 7) is 2.87. The number of piperidine rings is 1. The maximum absolute atomic E-state index is 12.8. The molecular formula is C20H31ClN2O3. The monoisotopic (exact) mass is 382 g/mol. The Labute approximate surface area is 162 Å². The molecule has 0 atom stereocenters. The van der Waals surface area contributed by atoms with Crippen LogP contribution in [-0.4, -0.2) is 49.8 Å². The van der Waals surface area contributed by atoms with Crippen molar-refractivity contribution in [2.75, 3.05) is 33.4 Å². The Hall–Kier alpha value is -1.30. The molecule has 2 N–H and O–H groups in total. The number of benzene rings is 1. The zero-order valence-electron chi connectivity index (χ0n) is 15.6. The predicted molar refractivity (Wildman–Crippen MR) is 105 cm³/mol. The van der Waals surface area contributed by atoms with Crippen LogP contribution in [0, 0.1) is 5.92 Å². The van der Waals surface area contributed by atoms with E-state index in [2.05, 4.69) is 12.1 Å². The highest BCUT2D eigenvalue weighted by molar-refractivity contribution is 5.86. The van der Waals surface area contributed by atoms with Gasteiger partial charge >= 0.3 is 0 Å². The number of amides is 1. The molecule has 5 nitrogen and oxygen atoms in total. The largest absolute Gasteiger partial charge is 0.497 e. The Morgan fingerprint density at radius 2 is 1.85 bits per heavy atom. The lowest BCUT2D eigenvalue weighted by molar-refractivity contribution is -0.142. The lowest BCUT2D eigenvalue weighted by atomic mass is 9.86. The zero-order valence-corrected chi connectivity index (χ0v) is 16.4. The van der Waals surface area contributed by atoms with Crippen molar-refractivity contribution in [1.29, 1.82) is 0 Å². The topological polar surface area (TPSA) is 64.8 Å². The number of hydrogen-bond acceptors (Lipinski definition) is 4. The van der Waals surface area contributed by atoms with Crippen LogP contribution >= 0.6 is 12.4 Å². The zero-order chi connectivity index (χ0) is 17.7. The molecule has 0 unspecified atom stereocenters. The van der Waals surface area contributed by atoms with Crippen molar-refractivity contribution in [2.45, 2.75) is 44.1 Å². The predicted octanol–water partition coefficient (Wildman–Crippen LogP) is 2.80. The second-order valence-electron chi connectivity index (χ2n) is 7.39. The number of rotatable bonds is 5. The third-order valence-corrected chi connectivity index (χ3v) is 5.71. The first-order valence-corrected chi connectivity index (χ1v) is 9.40. The van der Waals surface area contributed by atoms with Crippen LogP contribution in [0.25, 0.3) is 0 Å². The van der Waals surface area contributed by atoms with Crippen molar-refractivity contribution in [3.63, 3.8) is 0 Å². The SMILES string of the molecule is COc1ccc(CCC2CCN(C(=O)C3(N)CCOCC3)CC2)cc1.Cl. The Morgan fingerprint density at radius 1 is 1.23 bits per heavy atom. The summed E-state index contributed by atoms with van der Waals surface area (Å²) in [5.41, 5.74) is 6.99. The number of nitrogens with zero attached hydrogens (tertiary/aromatic N) is 1. The van der Waals surface area contributed by atoms with Gasteiger partial charge in [0.2, 0.25) is 5.91 Å². The van der Waals surface area contributed by atoms with E-state index in [1.54, 1.807) is 7.11 Å². The second kappa shape index (κ2) is 9.58. The lowest BCUT2D eigenvalue weighted by Gasteiger charge is -2.40. The average Bonchev–Trinajstić information content (AvgIpc) is 2.67. The summed E-state index contributed by atoms with van der Waals surface area (Å²) < 4.78 is 10.5. The van der Waals surface area contributed by atoms with Gasteiger partial charge in [0, 0.05) is 26.3 Å². The number of methoxy groups -OCH3 is 1. The molecular weight excluding hydrogens is 352 g/mol. The van der Waals surface area contributed by atoms with Gasteiger partial charge in [-0.05, 0) is 62.1 Å². The number of halogens is 1. The maximum atomic E-state index is 12.8. The van der Waals surface area contributed by atoms with E-state index in [-0.39, 0.29) is 18.3 Å². The van der Waals surface area contributed by atoms with E-state index in [9.17, 15) is 4.79 Å². The van der Waals surface area contributed by atoms with E-state index in [1.807, 2.05) is 17.0 Å². The summed E-state index contributed by atoms with van der Waals surface area (Å²) in [6.07, 6.45) is 5.70. The minimum atomic E-state index is -0.700. The molecule has 2 fully saturated rings. The molecule has 0 bridgehead atoms. The lowest BCUT2D eigenvalue weighted by Crippen LogP contribution is -2.59. The van der Waals surface area contributed by atoms with Crippen LogP contribution in [0.3, 0.4) is 0 Å². The van der Waals surface area contributed by atoms with Crippen LogP contribution in [0.2, 0.25) is 0 Å². The Balaban J connectivity index is 0.00000243. The Morgan fingerprint density at radius 3 is 2.42 bits per heavy atom. The van der Waals surface area contributed by atoms with Gasteiger partial charge in [0.25, 0.3) is 0 Å². The van der Waals surface area contributed by atoms with Gasteiger partial charge in [0.15, 0.2) is 0 Å². The smallest absolute Gasteiger partial charge is 0.242 e. The van der Waals surface area contributed by atoms with Crippen LogP contribution in [0.4, 0.5) is 0 Å². The third-order valence-electron chi connectivity index (χ3n) is 5.71. The average molecular weight is 383 g/mol. The molecule has 2 aliphatic rings. The summed E-state index contributed by atoms with van der Waals surface area (Å²) >= 11 is 0. The number of likely N-dealkylation sites (tertiary alicyclic amines) is 1. The molecule has 26 heavy (non-hydrogen) atoms. The normalized spacial score (nSPS) is 20.3. The molecule has 0 aromatic heterocycles. The number of ether oxygens (including phenoxy) is 2. The maximum Gasteiger partial charge on any atom is 0.242 e. The first-order valence-electron chi connectivity index (χ1n) is 9.40. The molecule has 0 saturated carbocycles. The van der Waals surface area contributed by atoms with Crippen LogP contribution < -0.4 is 10.5 Å². The van der Waals surface area contributed by atoms with Gasteiger partial charge in [-0.15, -0.1) is 12.4 Å². The van der Waals surface area contributed by atoms with Crippen LogP contribution in [-0.2, 0) is 16.0 Å². The van der Waals surface area contributed by atoms with Crippen molar-refractivity contribution in [3.05, 3.63) is 29.8 Å². The van der Waals surface area contributed by atoms with Gasteiger partial charge in [-0.3, -0.25) is 4.79 Å². The minimum absolute atomic E-state index is 0. The van der Waals surface area contributed by atoms with Gasteiger partial charge in [0.05, 0.1) is 12.6 Å². The van der Waals surface area contributed by atoms with Crippen LogP contribution in [0.15, 0.2) is 24.3 Å². The van der Waals surface area contributed by atoms with E-state index in [0.717, 1.165) is 38.1 Å². The molecule has 2 aliphatic heterocycles. The molecule has 2 heterocycles. The standard InChI is InChI=1S/C20H30N2O3.ClH/c1-24-18-6-4-16(5-7-18)2-3-17-8-12-22(13-9-17)19(23)20(21)10-14-25-15-11-20;/h4-7,17H,2-3,8-15,21H2,1H3;1H. The number of carbonyl (C=O) groups excluding carboxylic acids is 1. The first-order chi connectivity index (χ1) is 12.1. The van der Waals surface area contributed by atoms with Crippen molar-refractivity contribution in [2.24, 2.45) is 11.7 Å². The van der Waals surface area contributed by atoms with Crippen LogP contribution in [0.5, 0.6) is 5.75 Å². The van der Waals surface area contributed by atoms with E-state index >= 15 is 0 Å². The highest BCUT2D eigenvalue weighted by atomic mass is 35.5. The fraction of sp³-hybridized carbons (Fsp3) is 0.650. The third kappa shape index (κ3) is 5.12. The number of carbonyl (C=O) groups is 1. The quantitative estimate of drug-likeness (QED) is 0.850. The van der Waals surface area contributed by atoms with Crippen molar-refractivity contribution in [3.8, 4) is 5.75 Å². The van der Waals surface area contributed by atoms with E-state index < -0.39 is 5.54 Å². The number of hydrogen-bond donors (Lipinski definition) is 1. The highest BCUT2D eigenvalue weighted by Gasteiger charge is 2.39. The molecule has 1 amide bonds. The summed E-state index contributed by atoms with van der Waals surface area (Å²) in [7, 11) is 1.69. The highest BCUT2D eigenvalue weighted by Crippen LogP contribution is 2.27. The van der Waals surface area contributed by atoms with Gasteiger partial charge < -0.3 is 20.1 Å². The second-order valence-corrected chi connectivity index (χ2v) is 7.39.